The maximum Gasteiger partial charge on any atom is 0.191 e. The van der Waals surface area contributed by atoms with E-state index in [1.165, 1.54) is 11.8 Å². The smallest absolute Gasteiger partial charge is 0.191 e. The molecule has 0 saturated heterocycles. The zero-order valence-corrected chi connectivity index (χ0v) is 11.1. The van der Waals surface area contributed by atoms with Crippen LogP contribution in [-0.2, 0) is 0 Å². The molecule has 0 aliphatic heterocycles. The highest BCUT2D eigenvalue weighted by Crippen LogP contribution is 2.20. The van der Waals surface area contributed by atoms with Gasteiger partial charge in [0, 0.05) is 18.5 Å². The van der Waals surface area contributed by atoms with Crippen molar-refractivity contribution in [3.63, 3.8) is 0 Å². The Hall–Kier alpha value is -1.82. The van der Waals surface area contributed by atoms with Crippen LogP contribution >= 0.6 is 11.8 Å². The van der Waals surface area contributed by atoms with Gasteiger partial charge >= 0.3 is 0 Å². The van der Waals surface area contributed by atoms with Crippen LogP contribution in [0.3, 0.4) is 0 Å². The minimum Gasteiger partial charge on any atom is -0.383 e. The van der Waals surface area contributed by atoms with Crippen molar-refractivity contribution in [2.75, 3.05) is 17.3 Å². The Labute approximate surface area is 110 Å². The molecule has 3 N–H and O–H groups in total. The summed E-state index contributed by atoms with van der Waals surface area (Å²) in [6, 6.07) is 5.77. The van der Waals surface area contributed by atoms with Crippen LogP contribution in [0, 0.1) is 0 Å². The third kappa shape index (κ3) is 3.10. The molecule has 0 aromatic carbocycles. The summed E-state index contributed by atoms with van der Waals surface area (Å²) in [6.07, 6.45) is 5.51. The Morgan fingerprint density at radius 1 is 1.39 bits per heavy atom. The van der Waals surface area contributed by atoms with Gasteiger partial charge in [-0.05, 0) is 24.8 Å². The molecule has 2 aromatic rings. The topological polar surface area (TPSA) is 76.7 Å². The van der Waals surface area contributed by atoms with Gasteiger partial charge in [0.25, 0.3) is 0 Å². The normalized spacial score (nSPS) is 12.1. The number of nitrogen functional groups attached to an aromatic ring is 1. The van der Waals surface area contributed by atoms with E-state index in [1.54, 1.807) is 12.3 Å². The zero-order valence-electron chi connectivity index (χ0n) is 10.3. The summed E-state index contributed by atoms with van der Waals surface area (Å²) < 4.78 is 0. The Kier molecular flexibility index (Phi) is 3.99. The van der Waals surface area contributed by atoms with Gasteiger partial charge in [-0.15, -0.1) is 0 Å². The number of thioether (sulfide) groups is 1. The third-order valence-electron chi connectivity index (χ3n) is 2.46. The van der Waals surface area contributed by atoms with E-state index in [4.69, 9.17) is 5.73 Å². The first-order valence-electron chi connectivity index (χ1n) is 5.54. The van der Waals surface area contributed by atoms with E-state index in [0.717, 1.165) is 11.4 Å². The first-order chi connectivity index (χ1) is 8.69. The number of pyridine rings is 1. The maximum atomic E-state index is 5.73. The summed E-state index contributed by atoms with van der Waals surface area (Å²) in [5.74, 6) is 1.19. The van der Waals surface area contributed by atoms with Gasteiger partial charge in [0.15, 0.2) is 5.16 Å². The molecule has 18 heavy (non-hydrogen) atoms. The summed E-state index contributed by atoms with van der Waals surface area (Å²) in [7, 11) is 0. The predicted molar refractivity (Wildman–Crippen MR) is 74.5 cm³/mol. The lowest BCUT2D eigenvalue weighted by molar-refractivity contribution is 0.851. The van der Waals surface area contributed by atoms with Gasteiger partial charge < -0.3 is 11.1 Å². The molecule has 5 nitrogen and oxygen atoms in total. The fourth-order valence-corrected chi connectivity index (χ4v) is 1.93. The lowest BCUT2D eigenvalue weighted by Crippen LogP contribution is -2.09. The molecular formula is C12H15N5S. The van der Waals surface area contributed by atoms with Crippen LogP contribution < -0.4 is 11.1 Å². The van der Waals surface area contributed by atoms with Gasteiger partial charge in [0.2, 0.25) is 0 Å². The van der Waals surface area contributed by atoms with Gasteiger partial charge in [-0.2, -0.15) is 0 Å². The number of nitrogens with two attached hydrogens (primary N) is 1. The Balaban J connectivity index is 2.16. The molecule has 2 aromatic heterocycles. The van der Waals surface area contributed by atoms with Gasteiger partial charge in [-0.25, -0.2) is 9.97 Å². The van der Waals surface area contributed by atoms with E-state index < -0.39 is 0 Å². The van der Waals surface area contributed by atoms with Crippen molar-refractivity contribution >= 4 is 23.4 Å². The van der Waals surface area contributed by atoms with Gasteiger partial charge in [-0.1, -0.05) is 17.8 Å². The Bertz CT molecular complexity index is 517. The number of nitrogens with zero attached hydrogens (tertiary/aromatic N) is 3. The van der Waals surface area contributed by atoms with Crippen LogP contribution in [0.1, 0.15) is 18.5 Å². The summed E-state index contributed by atoms with van der Waals surface area (Å²) in [4.78, 5) is 12.6. The number of aromatic nitrogens is 3. The SMILES string of the molecule is CSc1nc(N)cc(NC(C)c2cccnc2)n1. The van der Waals surface area contributed by atoms with Crippen molar-refractivity contribution in [3.8, 4) is 0 Å². The van der Waals surface area contributed by atoms with Crippen LogP contribution in [0.4, 0.5) is 11.6 Å². The minimum absolute atomic E-state index is 0.114. The molecule has 0 aliphatic rings. The molecule has 1 atom stereocenters. The van der Waals surface area contributed by atoms with Gasteiger partial charge in [-0.3, -0.25) is 4.98 Å². The lowest BCUT2D eigenvalue weighted by atomic mass is 10.1. The molecule has 1 unspecified atom stereocenters. The average Bonchev–Trinajstić information content (AvgIpc) is 2.39. The van der Waals surface area contributed by atoms with Gasteiger partial charge in [0.05, 0.1) is 6.04 Å². The molecule has 0 radical (unpaired) electrons. The largest absolute Gasteiger partial charge is 0.383 e. The first kappa shape index (κ1) is 12.6. The van der Waals surface area contributed by atoms with E-state index in [1.807, 2.05) is 31.5 Å². The van der Waals surface area contributed by atoms with Crippen LogP contribution in [0.5, 0.6) is 0 Å². The maximum absolute atomic E-state index is 5.73. The molecule has 0 fully saturated rings. The number of hydrogen-bond donors (Lipinski definition) is 2. The van der Waals surface area contributed by atoms with E-state index in [-0.39, 0.29) is 6.04 Å². The van der Waals surface area contributed by atoms with Crippen molar-refractivity contribution in [2.45, 2.75) is 18.1 Å². The predicted octanol–water partition coefficient (Wildman–Crippen LogP) is 2.35. The monoisotopic (exact) mass is 261 g/mol. The van der Waals surface area contributed by atoms with E-state index >= 15 is 0 Å². The van der Waals surface area contributed by atoms with Crippen molar-refractivity contribution < 1.29 is 0 Å². The van der Waals surface area contributed by atoms with E-state index in [2.05, 4.69) is 20.3 Å². The average molecular weight is 261 g/mol. The summed E-state index contributed by atoms with van der Waals surface area (Å²) in [6.45, 7) is 2.05. The summed E-state index contributed by atoms with van der Waals surface area (Å²) >= 11 is 1.47. The summed E-state index contributed by atoms with van der Waals surface area (Å²) in [5.41, 5.74) is 6.83. The fourth-order valence-electron chi connectivity index (χ4n) is 1.55. The molecule has 0 saturated carbocycles. The molecular weight excluding hydrogens is 246 g/mol. The molecule has 0 aliphatic carbocycles. The van der Waals surface area contributed by atoms with Crippen molar-refractivity contribution in [3.05, 3.63) is 36.2 Å². The lowest BCUT2D eigenvalue weighted by Gasteiger charge is -2.15. The highest BCUT2D eigenvalue weighted by Gasteiger charge is 2.07. The molecule has 6 heteroatoms. The molecule has 0 amide bonds. The van der Waals surface area contributed by atoms with E-state index in [9.17, 15) is 0 Å². The first-order valence-corrected chi connectivity index (χ1v) is 6.76. The van der Waals surface area contributed by atoms with Crippen molar-refractivity contribution in [1.82, 2.24) is 15.0 Å². The fraction of sp³-hybridized carbons (Fsp3) is 0.250. The van der Waals surface area contributed by atoms with E-state index in [0.29, 0.717) is 11.0 Å². The number of hydrogen-bond acceptors (Lipinski definition) is 6. The third-order valence-corrected chi connectivity index (χ3v) is 3.00. The second-order valence-electron chi connectivity index (χ2n) is 3.82. The van der Waals surface area contributed by atoms with Crippen LogP contribution in [0.2, 0.25) is 0 Å². The second-order valence-corrected chi connectivity index (χ2v) is 4.59. The van der Waals surface area contributed by atoms with Crippen LogP contribution in [0.15, 0.2) is 35.7 Å². The van der Waals surface area contributed by atoms with Crippen LogP contribution in [0.25, 0.3) is 0 Å². The molecule has 2 rings (SSSR count). The molecule has 0 bridgehead atoms. The zero-order chi connectivity index (χ0) is 13.0. The number of rotatable bonds is 4. The highest BCUT2D eigenvalue weighted by atomic mass is 32.2. The second kappa shape index (κ2) is 5.68. The molecule has 94 valence electrons. The number of anilines is 2. The van der Waals surface area contributed by atoms with Crippen molar-refractivity contribution in [1.29, 1.82) is 0 Å². The standard InChI is InChI=1S/C12H15N5S/c1-8(9-4-3-5-14-7-9)15-11-6-10(13)16-12(17-11)18-2/h3-8H,1-2H3,(H3,13,15,16,17). The quantitative estimate of drug-likeness (QED) is 0.650. The molecule has 0 spiro atoms. The van der Waals surface area contributed by atoms with Crippen molar-refractivity contribution in [2.24, 2.45) is 0 Å². The summed E-state index contributed by atoms with van der Waals surface area (Å²) in [5, 5.41) is 3.95. The minimum atomic E-state index is 0.114. The molecule has 2 heterocycles. The highest BCUT2D eigenvalue weighted by molar-refractivity contribution is 7.98. The number of nitrogens with one attached hydrogen (secondary N) is 1. The van der Waals surface area contributed by atoms with Gasteiger partial charge in [0.1, 0.15) is 11.6 Å². The van der Waals surface area contributed by atoms with Crippen LogP contribution in [-0.4, -0.2) is 21.2 Å². The Morgan fingerprint density at radius 3 is 2.89 bits per heavy atom. The Morgan fingerprint density at radius 2 is 2.22 bits per heavy atom.